The Morgan fingerprint density at radius 3 is 1.83 bits per heavy atom. The molecule has 1 aliphatic carbocycles. The lowest BCUT2D eigenvalue weighted by atomic mass is 10.1. The third-order valence-corrected chi connectivity index (χ3v) is 4.24. The number of hydrogen-bond acceptors (Lipinski definition) is 3. The number of carbonyl (C=O) groups excluding carboxylic acids is 1. The molecule has 3 aromatic rings. The molecular weight excluding hydrogens is 298 g/mol. The lowest BCUT2D eigenvalue weighted by Gasteiger charge is -2.04. The normalized spacial score (nSPS) is 11.6. The Balaban J connectivity index is 1.73. The summed E-state index contributed by atoms with van der Waals surface area (Å²) in [5.41, 5.74) is 6.28. The number of oxime groups is 1. The average molecular weight is 313 g/mol. The highest BCUT2D eigenvalue weighted by atomic mass is 16.7. The summed E-state index contributed by atoms with van der Waals surface area (Å²) in [6, 6.07) is 23.4. The van der Waals surface area contributed by atoms with Crippen LogP contribution in [0, 0.1) is 6.92 Å². The molecule has 0 heterocycles. The second-order valence-electron chi connectivity index (χ2n) is 5.72. The quantitative estimate of drug-likeness (QED) is 0.401. The van der Waals surface area contributed by atoms with Crippen molar-refractivity contribution >= 4 is 11.7 Å². The lowest BCUT2D eigenvalue weighted by Crippen LogP contribution is -2.06. The van der Waals surface area contributed by atoms with Crippen LogP contribution in [-0.4, -0.2) is 11.7 Å². The predicted molar refractivity (Wildman–Crippen MR) is 94.1 cm³/mol. The molecule has 0 atom stereocenters. The van der Waals surface area contributed by atoms with E-state index in [2.05, 4.69) is 17.3 Å². The van der Waals surface area contributed by atoms with Crippen LogP contribution in [0.25, 0.3) is 11.1 Å². The van der Waals surface area contributed by atoms with Crippen LogP contribution in [0.15, 0.2) is 78.0 Å². The summed E-state index contributed by atoms with van der Waals surface area (Å²) >= 11 is 0. The van der Waals surface area contributed by atoms with Crippen molar-refractivity contribution in [1.29, 1.82) is 0 Å². The first-order valence-electron chi connectivity index (χ1n) is 7.80. The van der Waals surface area contributed by atoms with Gasteiger partial charge in [-0.25, -0.2) is 4.79 Å². The summed E-state index contributed by atoms with van der Waals surface area (Å²) in [5.74, 6) is -0.442. The molecule has 1 aliphatic rings. The molecule has 0 saturated carbocycles. The molecule has 0 amide bonds. The van der Waals surface area contributed by atoms with Crippen molar-refractivity contribution in [1.82, 2.24) is 0 Å². The molecule has 0 aliphatic heterocycles. The van der Waals surface area contributed by atoms with E-state index in [0.717, 1.165) is 27.8 Å². The van der Waals surface area contributed by atoms with E-state index in [1.54, 1.807) is 6.07 Å². The minimum Gasteiger partial charge on any atom is -0.312 e. The Morgan fingerprint density at radius 1 is 0.750 bits per heavy atom. The zero-order valence-corrected chi connectivity index (χ0v) is 13.2. The summed E-state index contributed by atoms with van der Waals surface area (Å²) in [6.45, 7) is 1.88. The van der Waals surface area contributed by atoms with Crippen molar-refractivity contribution in [3.8, 4) is 11.1 Å². The van der Waals surface area contributed by atoms with Crippen molar-refractivity contribution in [3.05, 3.63) is 95.1 Å². The number of fused-ring (bicyclic) bond motifs is 3. The summed E-state index contributed by atoms with van der Waals surface area (Å²) in [5, 5.41) is 4.19. The Labute approximate surface area is 140 Å². The van der Waals surface area contributed by atoms with Gasteiger partial charge < -0.3 is 4.84 Å². The van der Waals surface area contributed by atoms with Crippen LogP contribution < -0.4 is 0 Å². The molecule has 3 heteroatoms. The fourth-order valence-electron chi connectivity index (χ4n) is 3.03. The molecule has 0 N–H and O–H groups in total. The molecule has 0 unspecified atom stereocenters. The van der Waals surface area contributed by atoms with Gasteiger partial charge in [0.1, 0.15) is 5.71 Å². The first-order chi connectivity index (χ1) is 11.8. The van der Waals surface area contributed by atoms with Gasteiger partial charge in [-0.2, -0.15) is 0 Å². The fraction of sp³-hybridized carbons (Fsp3) is 0.0476. The SMILES string of the molecule is Cc1ccccc1C(=O)ON=C1c2ccccc2-c2ccccc21. The van der Waals surface area contributed by atoms with E-state index in [0.29, 0.717) is 11.3 Å². The zero-order valence-electron chi connectivity index (χ0n) is 13.2. The van der Waals surface area contributed by atoms with E-state index in [-0.39, 0.29) is 0 Å². The van der Waals surface area contributed by atoms with E-state index in [1.165, 1.54) is 0 Å². The number of nitrogens with zero attached hydrogens (tertiary/aromatic N) is 1. The molecule has 0 aromatic heterocycles. The Kier molecular flexibility index (Phi) is 3.47. The third kappa shape index (κ3) is 2.31. The van der Waals surface area contributed by atoms with Crippen molar-refractivity contribution in [2.45, 2.75) is 6.92 Å². The van der Waals surface area contributed by atoms with Crippen molar-refractivity contribution in [3.63, 3.8) is 0 Å². The number of rotatable bonds is 2. The third-order valence-electron chi connectivity index (χ3n) is 4.24. The lowest BCUT2D eigenvalue weighted by molar-refractivity contribution is 0.0516. The Hall–Kier alpha value is -3.20. The van der Waals surface area contributed by atoms with Gasteiger partial charge in [-0.05, 0) is 29.7 Å². The Bertz CT molecular complexity index is 925. The van der Waals surface area contributed by atoms with Crippen molar-refractivity contribution < 1.29 is 9.63 Å². The molecule has 0 bridgehead atoms. The molecule has 3 aromatic carbocycles. The van der Waals surface area contributed by atoms with E-state index < -0.39 is 5.97 Å². The molecule has 116 valence electrons. The van der Waals surface area contributed by atoms with Gasteiger partial charge in [-0.1, -0.05) is 71.9 Å². The van der Waals surface area contributed by atoms with Crippen molar-refractivity contribution in [2.75, 3.05) is 0 Å². The summed E-state index contributed by atoms with van der Waals surface area (Å²) in [4.78, 5) is 17.6. The second-order valence-corrected chi connectivity index (χ2v) is 5.72. The van der Waals surface area contributed by atoms with Crippen LogP contribution in [0.5, 0.6) is 0 Å². The van der Waals surface area contributed by atoms with Gasteiger partial charge in [0.05, 0.1) is 5.56 Å². The maximum Gasteiger partial charge on any atom is 0.366 e. The first-order valence-corrected chi connectivity index (χ1v) is 7.80. The van der Waals surface area contributed by atoms with Crippen LogP contribution in [-0.2, 0) is 4.84 Å². The monoisotopic (exact) mass is 313 g/mol. The highest BCUT2D eigenvalue weighted by Crippen LogP contribution is 2.36. The van der Waals surface area contributed by atoms with E-state index in [9.17, 15) is 4.79 Å². The second kappa shape index (κ2) is 5.78. The highest BCUT2D eigenvalue weighted by Gasteiger charge is 2.25. The maximum atomic E-state index is 12.3. The van der Waals surface area contributed by atoms with Gasteiger partial charge in [0, 0.05) is 11.1 Å². The van der Waals surface area contributed by atoms with Gasteiger partial charge in [-0.15, -0.1) is 0 Å². The highest BCUT2D eigenvalue weighted by molar-refractivity contribution is 6.24. The van der Waals surface area contributed by atoms with Gasteiger partial charge in [0.15, 0.2) is 0 Å². The molecule has 0 saturated heterocycles. The first kappa shape index (κ1) is 14.4. The van der Waals surface area contributed by atoms with Crippen LogP contribution in [0.3, 0.4) is 0 Å². The van der Waals surface area contributed by atoms with Gasteiger partial charge >= 0.3 is 5.97 Å². The van der Waals surface area contributed by atoms with Gasteiger partial charge in [0.2, 0.25) is 0 Å². The van der Waals surface area contributed by atoms with Crippen LogP contribution in [0.4, 0.5) is 0 Å². The summed E-state index contributed by atoms with van der Waals surface area (Å²) < 4.78 is 0. The fourth-order valence-corrected chi connectivity index (χ4v) is 3.03. The molecule has 24 heavy (non-hydrogen) atoms. The standard InChI is InChI=1S/C21H15NO2/c1-14-8-2-3-9-15(14)21(23)24-22-20-18-12-6-4-10-16(18)17-11-5-7-13-19(17)20/h2-13H,1H3. The topological polar surface area (TPSA) is 38.7 Å². The van der Waals surface area contributed by atoms with E-state index >= 15 is 0 Å². The molecule has 0 spiro atoms. The number of benzene rings is 3. The summed E-state index contributed by atoms with van der Waals surface area (Å²) in [6.07, 6.45) is 0. The number of aryl methyl sites for hydroxylation is 1. The van der Waals surface area contributed by atoms with Gasteiger partial charge in [-0.3, -0.25) is 0 Å². The molecular formula is C21H15NO2. The zero-order chi connectivity index (χ0) is 16.5. The predicted octanol–water partition coefficient (Wildman–Crippen LogP) is 4.58. The number of hydrogen-bond donors (Lipinski definition) is 0. The van der Waals surface area contributed by atoms with E-state index in [1.807, 2.05) is 61.5 Å². The maximum absolute atomic E-state index is 12.3. The largest absolute Gasteiger partial charge is 0.366 e. The van der Waals surface area contributed by atoms with Gasteiger partial charge in [0.25, 0.3) is 0 Å². The molecule has 0 radical (unpaired) electrons. The minimum atomic E-state index is -0.442. The van der Waals surface area contributed by atoms with Crippen LogP contribution >= 0.6 is 0 Å². The smallest absolute Gasteiger partial charge is 0.312 e. The molecule has 4 rings (SSSR count). The average Bonchev–Trinajstić information content (AvgIpc) is 2.94. The van der Waals surface area contributed by atoms with Crippen molar-refractivity contribution in [2.24, 2.45) is 5.16 Å². The van der Waals surface area contributed by atoms with E-state index in [4.69, 9.17) is 4.84 Å². The summed E-state index contributed by atoms with van der Waals surface area (Å²) in [7, 11) is 0. The molecule has 3 nitrogen and oxygen atoms in total. The number of carbonyl (C=O) groups is 1. The van der Waals surface area contributed by atoms with Crippen LogP contribution in [0.1, 0.15) is 27.0 Å². The molecule has 0 fully saturated rings. The van der Waals surface area contributed by atoms with Crippen LogP contribution in [0.2, 0.25) is 0 Å². The Morgan fingerprint density at radius 2 is 1.25 bits per heavy atom. The minimum absolute atomic E-state index is 0.442.